The standard InChI is InChI=1S/C16H13NO2/c1-11-2-3-13(10-17)9-15(11)8-12-4-6-14(7-5-12)16(18)19/h2-7,9H,8H2,1H3,(H,18,19). The minimum Gasteiger partial charge on any atom is -0.478 e. The molecule has 0 aromatic heterocycles. The van der Waals surface area contributed by atoms with Crippen LogP contribution in [0.25, 0.3) is 0 Å². The Morgan fingerprint density at radius 1 is 1.21 bits per heavy atom. The van der Waals surface area contributed by atoms with Crippen molar-refractivity contribution in [1.82, 2.24) is 0 Å². The van der Waals surface area contributed by atoms with Crippen LogP contribution in [0.1, 0.15) is 32.6 Å². The van der Waals surface area contributed by atoms with E-state index in [0.29, 0.717) is 12.0 Å². The van der Waals surface area contributed by atoms with Crippen LogP contribution in [0, 0.1) is 18.3 Å². The first-order chi connectivity index (χ1) is 9.10. The lowest BCUT2D eigenvalue weighted by Gasteiger charge is -2.07. The molecular formula is C16H13NO2. The molecule has 0 fully saturated rings. The Bertz CT molecular complexity index is 651. The summed E-state index contributed by atoms with van der Waals surface area (Å²) in [7, 11) is 0. The van der Waals surface area contributed by atoms with Gasteiger partial charge in [0.15, 0.2) is 0 Å². The summed E-state index contributed by atoms with van der Waals surface area (Å²) >= 11 is 0. The molecule has 0 aliphatic carbocycles. The summed E-state index contributed by atoms with van der Waals surface area (Å²) in [5.74, 6) is -0.922. The van der Waals surface area contributed by atoms with Crippen molar-refractivity contribution in [3.8, 4) is 6.07 Å². The number of carbonyl (C=O) groups is 1. The van der Waals surface area contributed by atoms with Gasteiger partial charge in [-0.15, -0.1) is 0 Å². The zero-order valence-corrected chi connectivity index (χ0v) is 10.6. The van der Waals surface area contributed by atoms with Crippen molar-refractivity contribution in [3.05, 3.63) is 70.3 Å². The molecule has 3 nitrogen and oxygen atoms in total. The predicted octanol–water partition coefficient (Wildman–Crippen LogP) is 3.16. The van der Waals surface area contributed by atoms with Crippen LogP contribution < -0.4 is 0 Å². The van der Waals surface area contributed by atoms with Gasteiger partial charge >= 0.3 is 5.97 Å². The van der Waals surface area contributed by atoms with E-state index in [0.717, 1.165) is 16.7 Å². The van der Waals surface area contributed by atoms with Gasteiger partial charge in [-0.25, -0.2) is 4.79 Å². The molecule has 0 saturated carbocycles. The summed E-state index contributed by atoms with van der Waals surface area (Å²) in [6.45, 7) is 2.00. The summed E-state index contributed by atoms with van der Waals surface area (Å²) in [5.41, 5.74) is 4.17. The Labute approximate surface area is 111 Å². The number of hydrogen-bond acceptors (Lipinski definition) is 2. The number of nitrogens with zero attached hydrogens (tertiary/aromatic N) is 1. The van der Waals surface area contributed by atoms with Crippen LogP contribution in [0.3, 0.4) is 0 Å². The number of hydrogen-bond donors (Lipinski definition) is 1. The topological polar surface area (TPSA) is 61.1 Å². The van der Waals surface area contributed by atoms with Crippen molar-refractivity contribution >= 4 is 5.97 Å². The van der Waals surface area contributed by atoms with Gasteiger partial charge in [-0.3, -0.25) is 0 Å². The van der Waals surface area contributed by atoms with Gasteiger partial charge in [-0.1, -0.05) is 18.2 Å². The SMILES string of the molecule is Cc1ccc(C#N)cc1Cc1ccc(C(=O)O)cc1. The normalized spacial score (nSPS) is 9.89. The quantitative estimate of drug-likeness (QED) is 0.911. The lowest BCUT2D eigenvalue weighted by Crippen LogP contribution is -1.97. The Balaban J connectivity index is 2.26. The number of aromatic carboxylic acids is 1. The minimum absolute atomic E-state index is 0.284. The third kappa shape index (κ3) is 2.99. The van der Waals surface area contributed by atoms with Crippen molar-refractivity contribution in [2.24, 2.45) is 0 Å². The van der Waals surface area contributed by atoms with E-state index < -0.39 is 5.97 Å². The zero-order valence-electron chi connectivity index (χ0n) is 10.6. The molecule has 2 aromatic rings. The van der Waals surface area contributed by atoms with Gasteiger partial charge in [-0.05, 0) is 54.3 Å². The molecule has 3 heteroatoms. The highest BCUT2D eigenvalue weighted by Gasteiger charge is 2.04. The highest BCUT2D eigenvalue weighted by molar-refractivity contribution is 5.87. The monoisotopic (exact) mass is 251 g/mol. The number of nitriles is 1. The van der Waals surface area contributed by atoms with Crippen LogP contribution in [-0.2, 0) is 6.42 Å². The van der Waals surface area contributed by atoms with Crippen molar-refractivity contribution in [2.45, 2.75) is 13.3 Å². The molecule has 2 rings (SSSR count). The Hall–Kier alpha value is -2.60. The molecule has 19 heavy (non-hydrogen) atoms. The largest absolute Gasteiger partial charge is 0.478 e. The summed E-state index contributed by atoms with van der Waals surface area (Å²) in [5, 5.41) is 17.7. The first-order valence-electron chi connectivity index (χ1n) is 5.92. The van der Waals surface area contributed by atoms with Crippen molar-refractivity contribution in [3.63, 3.8) is 0 Å². The van der Waals surface area contributed by atoms with Crippen LogP contribution in [0.4, 0.5) is 0 Å². The van der Waals surface area contributed by atoms with Crippen molar-refractivity contribution < 1.29 is 9.90 Å². The zero-order chi connectivity index (χ0) is 13.8. The smallest absolute Gasteiger partial charge is 0.335 e. The molecule has 1 N–H and O–H groups in total. The van der Waals surface area contributed by atoms with Gasteiger partial charge in [0.25, 0.3) is 0 Å². The molecule has 94 valence electrons. The van der Waals surface area contributed by atoms with Gasteiger partial charge in [0, 0.05) is 0 Å². The first-order valence-corrected chi connectivity index (χ1v) is 5.92. The fraction of sp³-hybridized carbons (Fsp3) is 0.125. The van der Waals surface area contributed by atoms with E-state index in [4.69, 9.17) is 10.4 Å². The molecule has 0 atom stereocenters. The van der Waals surface area contributed by atoms with Crippen molar-refractivity contribution in [2.75, 3.05) is 0 Å². The van der Waals surface area contributed by atoms with Crippen molar-refractivity contribution in [1.29, 1.82) is 5.26 Å². The number of carboxylic acids is 1. The molecule has 0 aliphatic heterocycles. The number of benzene rings is 2. The number of carboxylic acid groups (broad SMARTS) is 1. The molecule has 0 unspecified atom stereocenters. The van der Waals surface area contributed by atoms with E-state index in [1.165, 1.54) is 0 Å². The van der Waals surface area contributed by atoms with Gasteiger partial charge in [0.2, 0.25) is 0 Å². The fourth-order valence-corrected chi connectivity index (χ4v) is 1.92. The maximum absolute atomic E-state index is 10.8. The van der Waals surface area contributed by atoms with E-state index in [-0.39, 0.29) is 5.56 Å². The third-order valence-corrected chi connectivity index (χ3v) is 3.07. The second-order valence-corrected chi connectivity index (χ2v) is 4.43. The molecular weight excluding hydrogens is 238 g/mol. The van der Waals surface area contributed by atoms with Crippen LogP contribution in [-0.4, -0.2) is 11.1 Å². The molecule has 0 bridgehead atoms. The second kappa shape index (κ2) is 5.36. The summed E-state index contributed by atoms with van der Waals surface area (Å²) < 4.78 is 0. The van der Waals surface area contributed by atoms with Crippen LogP contribution in [0.2, 0.25) is 0 Å². The Morgan fingerprint density at radius 3 is 2.47 bits per heavy atom. The average molecular weight is 251 g/mol. The lowest BCUT2D eigenvalue weighted by atomic mass is 9.98. The van der Waals surface area contributed by atoms with E-state index >= 15 is 0 Å². The summed E-state index contributed by atoms with van der Waals surface area (Å²) in [6.07, 6.45) is 0.696. The Kier molecular flexibility index (Phi) is 3.63. The molecule has 0 radical (unpaired) electrons. The molecule has 0 spiro atoms. The number of rotatable bonds is 3. The second-order valence-electron chi connectivity index (χ2n) is 4.43. The molecule has 0 amide bonds. The third-order valence-electron chi connectivity index (χ3n) is 3.07. The van der Waals surface area contributed by atoms with Gasteiger partial charge in [-0.2, -0.15) is 5.26 Å². The average Bonchev–Trinajstić information content (AvgIpc) is 2.42. The minimum atomic E-state index is -0.922. The molecule has 0 heterocycles. The maximum Gasteiger partial charge on any atom is 0.335 e. The molecule has 0 saturated heterocycles. The van der Waals surface area contributed by atoms with Crippen LogP contribution in [0.15, 0.2) is 42.5 Å². The molecule has 2 aromatic carbocycles. The van der Waals surface area contributed by atoms with Gasteiger partial charge in [0.1, 0.15) is 0 Å². The Morgan fingerprint density at radius 2 is 1.89 bits per heavy atom. The fourth-order valence-electron chi connectivity index (χ4n) is 1.92. The predicted molar refractivity (Wildman–Crippen MR) is 72.1 cm³/mol. The summed E-state index contributed by atoms with van der Waals surface area (Å²) in [6, 6.07) is 14.5. The molecule has 0 aliphatic rings. The highest BCUT2D eigenvalue weighted by atomic mass is 16.4. The van der Waals surface area contributed by atoms with Gasteiger partial charge in [0.05, 0.1) is 17.2 Å². The highest BCUT2D eigenvalue weighted by Crippen LogP contribution is 2.16. The van der Waals surface area contributed by atoms with E-state index in [1.54, 1.807) is 18.2 Å². The first kappa shape index (κ1) is 12.8. The van der Waals surface area contributed by atoms with Crippen LogP contribution in [0.5, 0.6) is 0 Å². The summed E-state index contributed by atoms with van der Waals surface area (Å²) in [4.78, 5) is 10.8. The number of aryl methyl sites for hydroxylation is 1. The maximum atomic E-state index is 10.8. The van der Waals surface area contributed by atoms with Crippen LogP contribution >= 0.6 is 0 Å². The van der Waals surface area contributed by atoms with E-state index in [1.807, 2.05) is 31.2 Å². The van der Waals surface area contributed by atoms with Gasteiger partial charge < -0.3 is 5.11 Å². The van der Waals surface area contributed by atoms with E-state index in [9.17, 15) is 4.79 Å². The van der Waals surface area contributed by atoms with E-state index in [2.05, 4.69) is 6.07 Å². The lowest BCUT2D eigenvalue weighted by molar-refractivity contribution is 0.0697.